The van der Waals surface area contributed by atoms with Crippen molar-refractivity contribution in [1.29, 1.82) is 0 Å². The molecule has 1 aliphatic rings. The molecule has 0 amide bonds. The third-order valence-corrected chi connectivity index (χ3v) is 9.19. The number of hydrogen-bond acceptors (Lipinski definition) is 13. The summed E-state index contributed by atoms with van der Waals surface area (Å²) in [6.45, 7) is 0. The highest BCUT2D eigenvalue weighted by Crippen LogP contribution is 2.77. The number of hydrogen-bond donors (Lipinski definition) is 0. The number of nitrogens with zero attached hydrogens (tertiary/aromatic N) is 9. The van der Waals surface area contributed by atoms with E-state index in [0.717, 1.165) is 0 Å². The topological polar surface area (TPSA) is 278 Å². The summed E-state index contributed by atoms with van der Waals surface area (Å²) in [5.74, 6) is 0. The van der Waals surface area contributed by atoms with Crippen LogP contribution in [0, 0.1) is 60.7 Å². The molecule has 0 radical (unpaired) electrons. The molecule has 1 rings (SSSR count). The standard InChI is InChI=1S/N9O12P3/c10-2(11)4-22(6(14)15)1-24(8(18)19,9(20)21)5(3(12)13)23(4)7(16)17. The lowest BCUT2D eigenvalue weighted by Crippen LogP contribution is -2.40. The fraction of sp³-hybridized carbons (Fsp3) is 0. The van der Waals surface area contributed by atoms with Gasteiger partial charge in [0.05, 0.1) is 9.39 Å². The lowest BCUT2D eigenvalue weighted by molar-refractivity contribution is -0.644. The van der Waals surface area contributed by atoms with Crippen molar-refractivity contribution in [3.63, 3.8) is 0 Å². The molecule has 2 atom stereocenters. The molecule has 0 fully saturated rings. The van der Waals surface area contributed by atoms with E-state index in [-0.39, 0.29) is 0 Å². The first kappa shape index (κ1) is 19.1. The third kappa shape index (κ3) is 2.70. The van der Waals surface area contributed by atoms with Gasteiger partial charge in [0.1, 0.15) is 13.9 Å². The van der Waals surface area contributed by atoms with Gasteiger partial charge in [-0.15, -0.1) is 0 Å². The molecule has 132 valence electrons. The van der Waals surface area contributed by atoms with Gasteiger partial charge in [-0.05, 0) is 4.52 Å². The van der Waals surface area contributed by atoms with Crippen LogP contribution in [0.4, 0.5) is 0 Å². The van der Waals surface area contributed by atoms with Crippen molar-refractivity contribution in [2.24, 2.45) is 4.52 Å². The molecule has 0 bridgehead atoms. The van der Waals surface area contributed by atoms with E-state index < -0.39 is 62.2 Å². The van der Waals surface area contributed by atoms with Gasteiger partial charge in [-0.3, -0.25) is 40.5 Å². The van der Waals surface area contributed by atoms with Gasteiger partial charge in [0.2, 0.25) is 0 Å². The van der Waals surface area contributed by atoms with Gasteiger partial charge in [0.25, 0.3) is 0 Å². The fourth-order valence-corrected chi connectivity index (χ4v) is 8.62. The van der Waals surface area contributed by atoms with Crippen LogP contribution in [0.25, 0.3) is 0 Å². The van der Waals surface area contributed by atoms with Crippen LogP contribution in [-0.4, -0.2) is 37.9 Å². The third-order valence-electron chi connectivity index (χ3n) is 1.94. The molecule has 0 aromatic carbocycles. The van der Waals surface area contributed by atoms with E-state index in [1.165, 1.54) is 0 Å². The molecule has 0 saturated heterocycles. The molecule has 24 heavy (non-hydrogen) atoms. The van der Waals surface area contributed by atoms with E-state index in [9.17, 15) is 60.7 Å². The Labute approximate surface area is 128 Å². The Morgan fingerprint density at radius 3 is 1.46 bits per heavy atom. The summed E-state index contributed by atoms with van der Waals surface area (Å²) in [6, 6.07) is 0. The van der Waals surface area contributed by atoms with Gasteiger partial charge < -0.3 is 0 Å². The minimum Gasteiger partial charge on any atom is -0.260 e. The van der Waals surface area contributed by atoms with Gasteiger partial charge in [-0.1, -0.05) is 0 Å². The second-order valence-electron chi connectivity index (χ2n) is 3.13. The summed E-state index contributed by atoms with van der Waals surface area (Å²) in [5, 5.41) is 61.8. The van der Waals surface area contributed by atoms with Gasteiger partial charge >= 0.3 is 24.3 Å². The number of rotatable bonds is 6. The molecule has 24 heteroatoms. The summed E-state index contributed by atoms with van der Waals surface area (Å²) in [6.07, 6.45) is 0. The van der Waals surface area contributed by atoms with Crippen molar-refractivity contribution < 1.29 is 28.8 Å². The van der Waals surface area contributed by atoms with Crippen LogP contribution in [0.15, 0.2) is 4.52 Å². The average molecular weight is 411 g/mol. The van der Waals surface area contributed by atoms with Crippen molar-refractivity contribution in [1.82, 2.24) is 9.10 Å². The SMILES string of the molecule is O=[N+]([O-])N1P([N+](=O)[O-])N=P([N+](=O)[O-])([N+](=O)[O-])N([N+](=O)[O-])P1[N+](=O)[O-]. The molecule has 0 saturated carbocycles. The first-order valence-corrected chi connectivity index (χ1v) is 8.59. The zero-order valence-corrected chi connectivity index (χ0v) is 12.9. The summed E-state index contributed by atoms with van der Waals surface area (Å²) in [4.78, 5) is 65.5. The monoisotopic (exact) mass is 411 g/mol. The first-order valence-electron chi connectivity index (χ1n) is 4.59. The lowest BCUT2D eigenvalue weighted by atomic mass is 12.7. The Hall–Kier alpha value is -2.91. The highest BCUT2D eigenvalue weighted by Gasteiger charge is 2.83. The van der Waals surface area contributed by atoms with Gasteiger partial charge in [-0.25, -0.2) is 20.2 Å². The normalized spacial score (nSPS) is 22.2. The van der Waals surface area contributed by atoms with Crippen LogP contribution in [0.5, 0.6) is 0 Å². The Morgan fingerprint density at radius 2 is 1.21 bits per heavy atom. The molecule has 0 spiro atoms. The fourth-order valence-electron chi connectivity index (χ4n) is 1.21. The van der Waals surface area contributed by atoms with Crippen LogP contribution in [0.2, 0.25) is 0 Å². The quantitative estimate of drug-likeness (QED) is 0.327. The summed E-state index contributed by atoms with van der Waals surface area (Å²) < 4.78 is -7.03. The van der Waals surface area contributed by atoms with E-state index in [1.54, 1.807) is 0 Å². The van der Waals surface area contributed by atoms with Crippen LogP contribution in [0.3, 0.4) is 0 Å². The summed E-state index contributed by atoms with van der Waals surface area (Å²) >= 11 is 0. The Balaban J connectivity index is 4.01. The van der Waals surface area contributed by atoms with E-state index in [2.05, 4.69) is 4.52 Å². The molecule has 1 heterocycles. The van der Waals surface area contributed by atoms with Gasteiger partial charge in [0.15, 0.2) is 14.6 Å². The van der Waals surface area contributed by atoms with Crippen molar-refractivity contribution >= 4 is 24.3 Å². The van der Waals surface area contributed by atoms with Crippen LogP contribution >= 0.6 is 24.3 Å². The van der Waals surface area contributed by atoms with E-state index in [0.29, 0.717) is 0 Å². The maximum atomic E-state index is 11.0. The average Bonchev–Trinajstić information content (AvgIpc) is 2.43. The minimum absolute atomic E-state index is 0.890. The van der Waals surface area contributed by atoms with Crippen molar-refractivity contribution in [2.75, 3.05) is 0 Å². The molecule has 0 aliphatic carbocycles. The van der Waals surface area contributed by atoms with Crippen molar-refractivity contribution in [2.45, 2.75) is 0 Å². The molecular formula is N9O12P3. The molecule has 2 unspecified atom stereocenters. The minimum atomic E-state index is -5.97. The van der Waals surface area contributed by atoms with Gasteiger partial charge in [-0.2, -0.15) is 0 Å². The maximum absolute atomic E-state index is 11.0. The van der Waals surface area contributed by atoms with Gasteiger partial charge in [0, 0.05) is 0 Å². The predicted octanol–water partition coefficient (Wildman–Crippen LogP) is 0.494. The zero-order valence-electron chi connectivity index (χ0n) is 10.3. The Bertz CT molecular complexity index is 693. The maximum Gasteiger partial charge on any atom is 0.753 e. The van der Waals surface area contributed by atoms with Crippen molar-refractivity contribution in [3.05, 3.63) is 60.7 Å². The molecule has 0 N–H and O–H groups in total. The lowest BCUT2D eigenvalue weighted by Gasteiger charge is -2.21. The summed E-state index contributed by atoms with van der Waals surface area (Å²) in [7, 11) is -14.3. The number of hydrazine groups is 2. The molecule has 0 aromatic heterocycles. The highest BCUT2D eigenvalue weighted by molar-refractivity contribution is 7.76. The largest absolute Gasteiger partial charge is 0.753 e. The first-order chi connectivity index (χ1) is 10.9. The van der Waals surface area contributed by atoms with Crippen LogP contribution in [0.1, 0.15) is 0 Å². The summed E-state index contributed by atoms with van der Waals surface area (Å²) in [5.41, 5.74) is 0. The zero-order chi connectivity index (χ0) is 19.0. The molecule has 1 aliphatic heterocycles. The molecule has 0 aromatic rings. The van der Waals surface area contributed by atoms with E-state index >= 15 is 0 Å². The Morgan fingerprint density at radius 1 is 0.750 bits per heavy atom. The highest BCUT2D eigenvalue weighted by atomic mass is 31.3. The number of nitro groups is 6. The second kappa shape index (κ2) is 6.30. The molecule has 21 nitrogen and oxygen atoms in total. The smallest absolute Gasteiger partial charge is 0.260 e. The van der Waals surface area contributed by atoms with Crippen LogP contribution in [-0.2, 0) is 0 Å². The van der Waals surface area contributed by atoms with Crippen molar-refractivity contribution in [3.8, 4) is 0 Å². The van der Waals surface area contributed by atoms with Crippen LogP contribution < -0.4 is 0 Å². The van der Waals surface area contributed by atoms with E-state index in [4.69, 9.17) is 0 Å². The van der Waals surface area contributed by atoms with E-state index in [1.807, 2.05) is 0 Å². The predicted molar refractivity (Wildman–Crippen MR) is 68.8 cm³/mol. The Kier molecular flexibility index (Phi) is 5.02. The molecular weight excluding hydrogens is 411 g/mol. The second-order valence-corrected chi connectivity index (χ2v) is 9.44.